The Morgan fingerprint density at radius 3 is 1.62 bits per heavy atom. The first-order chi connectivity index (χ1) is 25.0. The molecular weight excluding hydrogens is 685 g/mol. The van der Waals surface area contributed by atoms with Crippen molar-refractivity contribution < 1.29 is 60.8 Å². The summed E-state index contributed by atoms with van der Waals surface area (Å²) < 4.78 is 71.3. The molecule has 0 aliphatic carbocycles. The topological polar surface area (TPSA) is 124 Å². The van der Waals surface area contributed by atoms with E-state index in [1.54, 1.807) is 0 Å². The van der Waals surface area contributed by atoms with Gasteiger partial charge in [-0.25, -0.2) is 14.4 Å². The Morgan fingerprint density at radius 1 is 0.577 bits per heavy atom. The third-order valence-electron chi connectivity index (χ3n) is 7.66. The van der Waals surface area contributed by atoms with Crippen molar-refractivity contribution in [3.8, 4) is 23.0 Å². The van der Waals surface area contributed by atoms with E-state index in [1.165, 1.54) is 79.2 Å². The lowest BCUT2D eigenvalue weighted by Gasteiger charge is -2.20. The summed E-state index contributed by atoms with van der Waals surface area (Å²) in [5, 5.41) is 0. The van der Waals surface area contributed by atoms with Crippen LogP contribution in [0.4, 0.5) is 18.0 Å². The van der Waals surface area contributed by atoms with Gasteiger partial charge in [0.25, 0.3) is 0 Å². The second-order valence-corrected chi connectivity index (χ2v) is 11.8. The average Bonchev–Trinajstić information content (AvgIpc) is 3.11. The Kier molecular flexibility index (Phi) is 17.7. The maximum atomic E-state index is 13.5. The monoisotopic (exact) mass is 730 g/mol. The van der Waals surface area contributed by atoms with Gasteiger partial charge in [-0.2, -0.15) is 13.2 Å². The summed E-state index contributed by atoms with van der Waals surface area (Å²) in [6, 6.07) is 16.2. The Bertz CT molecular complexity index is 1540. The van der Waals surface area contributed by atoms with Crippen molar-refractivity contribution in [2.45, 2.75) is 96.8 Å². The van der Waals surface area contributed by atoms with Crippen molar-refractivity contribution in [2.75, 3.05) is 13.2 Å². The van der Waals surface area contributed by atoms with E-state index in [0.717, 1.165) is 32.1 Å². The van der Waals surface area contributed by atoms with E-state index in [0.29, 0.717) is 38.2 Å². The van der Waals surface area contributed by atoms with E-state index < -0.39 is 30.4 Å². The van der Waals surface area contributed by atoms with Gasteiger partial charge < -0.3 is 28.4 Å². The quantitative estimate of drug-likeness (QED) is 0.0453. The highest BCUT2D eigenvalue weighted by Gasteiger charge is 2.42. The number of alkyl halides is 3. The van der Waals surface area contributed by atoms with Crippen LogP contribution < -0.4 is 18.9 Å². The SMILES string of the molecule is CCCCCCCCC(=O)Oc1ccc(OC(=O)Oc2ccc(C(=O)Oc3ccc(C(=O)O[C@H](CCCCCOCC)C(F)(F)F)cc3)cc2)cc1. The van der Waals surface area contributed by atoms with Crippen LogP contribution in [0.15, 0.2) is 72.8 Å². The smallest absolute Gasteiger partial charge is 0.449 e. The molecule has 0 aromatic heterocycles. The zero-order chi connectivity index (χ0) is 37.8. The van der Waals surface area contributed by atoms with Crippen LogP contribution in [0.3, 0.4) is 0 Å². The van der Waals surface area contributed by atoms with Gasteiger partial charge in [0.2, 0.25) is 0 Å². The predicted molar refractivity (Wildman–Crippen MR) is 185 cm³/mol. The first-order valence-electron chi connectivity index (χ1n) is 17.5. The number of benzene rings is 3. The summed E-state index contributed by atoms with van der Waals surface area (Å²) >= 11 is 0. The summed E-state index contributed by atoms with van der Waals surface area (Å²) in [6.45, 7) is 4.97. The lowest BCUT2D eigenvalue weighted by Crippen LogP contribution is -2.33. The first-order valence-corrected chi connectivity index (χ1v) is 17.5. The fraction of sp³-hybridized carbons (Fsp3) is 0.436. The van der Waals surface area contributed by atoms with E-state index in [2.05, 4.69) is 6.92 Å². The average molecular weight is 731 g/mol. The summed E-state index contributed by atoms with van der Waals surface area (Å²) in [4.78, 5) is 49.4. The minimum absolute atomic E-state index is 0.0331. The van der Waals surface area contributed by atoms with E-state index in [4.69, 9.17) is 28.4 Å². The highest BCUT2D eigenvalue weighted by Crippen LogP contribution is 2.28. The molecule has 0 amide bonds. The molecule has 0 unspecified atom stereocenters. The number of halogens is 3. The zero-order valence-corrected chi connectivity index (χ0v) is 29.4. The lowest BCUT2D eigenvalue weighted by molar-refractivity contribution is -0.206. The Labute approximate surface area is 301 Å². The highest BCUT2D eigenvalue weighted by atomic mass is 19.4. The van der Waals surface area contributed by atoms with Gasteiger partial charge in [-0.05, 0) is 105 Å². The summed E-state index contributed by atoms with van der Waals surface area (Å²) in [5.41, 5.74) is -0.0444. The van der Waals surface area contributed by atoms with Crippen LogP contribution in [0.2, 0.25) is 0 Å². The predicted octanol–water partition coefficient (Wildman–Crippen LogP) is 9.82. The molecule has 13 heteroatoms. The number of carbonyl (C=O) groups excluding carboxylic acids is 4. The molecule has 3 rings (SSSR count). The largest absolute Gasteiger partial charge is 0.519 e. The number of rotatable bonds is 21. The molecule has 0 aliphatic heterocycles. The molecule has 282 valence electrons. The molecule has 0 fully saturated rings. The molecule has 10 nitrogen and oxygen atoms in total. The normalized spacial score (nSPS) is 11.7. The van der Waals surface area contributed by atoms with Crippen molar-refractivity contribution in [2.24, 2.45) is 0 Å². The molecule has 0 spiro atoms. The molecule has 0 aliphatic rings. The Balaban J connectivity index is 1.42. The van der Waals surface area contributed by atoms with E-state index in [9.17, 15) is 32.3 Å². The Morgan fingerprint density at radius 2 is 1.06 bits per heavy atom. The summed E-state index contributed by atoms with van der Waals surface area (Å²) in [7, 11) is 0. The van der Waals surface area contributed by atoms with Crippen LogP contribution >= 0.6 is 0 Å². The molecule has 0 bridgehead atoms. The number of hydrogen-bond acceptors (Lipinski definition) is 10. The second kappa shape index (κ2) is 22.1. The van der Waals surface area contributed by atoms with Gasteiger partial charge in [-0.15, -0.1) is 0 Å². The third-order valence-corrected chi connectivity index (χ3v) is 7.66. The third kappa shape index (κ3) is 15.5. The van der Waals surface area contributed by atoms with E-state index in [-0.39, 0.29) is 47.2 Å². The van der Waals surface area contributed by atoms with Gasteiger partial charge in [0.1, 0.15) is 23.0 Å². The molecular formula is C39H45F3O10. The van der Waals surface area contributed by atoms with Crippen molar-refractivity contribution in [3.05, 3.63) is 83.9 Å². The van der Waals surface area contributed by atoms with Crippen LogP contribution in [0, 0.1) is 0 Å². The van der Waals surface area contributed by atoms with Gasteiger partial charge in [-0.1, -0.05) is 45.4 Å². The summed E-state index contributed by atoms with van der Waals surface area (Å²) in [6.07, 6.45) is -0.365. The van der Waals surface area contributed by atoms with Crippen molar-refractivity contribution in [3.63, 3.8) is 0 Å². The van der Waals surface area contributed by atoms with Crippen molar-refractivity contribution >= 4 is 24.1 Å². The van der Waals surface area contributed by atoms with Gasteiger partial charge in [0.15, 0.2) is 6.10 Å². The number of ether oxygens (including phenoxy) is 6. The molecule has 52 heavy (non-hydrogen) atoms. The number of carbonyl (C=O) groups is 4. The molecule has 1 atom stereocenters. The van der Waals surface area contributed by atoms with E-state index in [1.807, 2.05) is 6.92 Å². The maximum absolute atomic E-state index is 13.5. The van der Waals surface area contributed by atoms with Gasteiger partial charge in [-0.3, -0.25) is 4.79 Å². The molecule has 3 aromatic rings. The first kappa shape index (κ1) is 41.5. The zero-order valence-electron chi connectivity index (χ0n) is 29.4. The fourth-order valence-corrected chi connectivity index (χ4v) is 4.85. The number of unbranched alkanes of at least 4 members (excludes halogenated alkanes) is 7. The van der Waals surface area contributed by atoms with Crippen LogP contribution in [0.5, 0.6) is 23.0 Å². The van der Waals surface area contributed by atoms with Crippen LogP contribution in [-0.2, 0) is 14.3 Å². The molecule has 3 aromatic carbocycles. The maximum Gasteiger partial charge on any atom is 0.519 e. The molecule has 0 N–H and O–H groups in total. The lowest BCUT2D eigenvalue weighted by atomic mass is 10.1. The van der Waals surface area contributed by atoms with Crippen LogP contribution in [0.1, 0.15) is 105 Å². The molecule has 0 heterocycles. The standard InChI is InChI=1S/C39H45F3O10/c1-3-5-6-7-8-11-14-35(43)48-30-23-25-33(26-24-30)51-38(46)50-32-21-17-28(18-22-32)36(44)49-31-19-15-29(16-20-31)37(45)52-34(39(40,41)42)13-10-9-12-27-47-4-2/h15-26,34H,3-14,27H2,1-2H3/t34-/m1/s1. The second-order valence-electron chi connectivity index (χ2n) is 11.8. The van der Waals surface area contributed by atoms with Crippen LogP contribution in [-0.4, -0.2) is 49.6 Å². The fourth-order valence-electron chi connectivity index (χ4n) is 4.85. The number of esters is 3. The Hall–Kier alpha value is -4.91. The molecule has 0 radical (unpaired) electrons. The van der Waals surface area contributed by atoms with Crippen molar-refractivity contribution in [1.29, 1.82) is 0 Å². The highest BCUT2D eigenvalue weighted by molar-refractivity contribution is 5.92. The molecule has 0 saturated carbocycles. The van der Waals surface area contributed by atoms with Crippen molar-refractivity contribution in [1.82, 2.24) is 0 Å². The molecule has 0 saturated heterocycles. The minimum Gasteiger partial charge on any atom is -0.449 e. The van der Waals surface area contributed by atoms with Crippen LogP contribution in [0.25, 0.3) is 0 Å². The van der Waals surface area contributed by atoms with Gasteiger partial charge >= 0.3 is 30.2 Å². The minimum atomic E-state index is -4.72. The summed E-state index contributed by atoms with van der Waals surface area (Å²) in [5.74, 6) is -1.67. The van der Waals surface area contributed by atoms with Gasteiger partial charge in [0.05, 0.1) is 11.1 Å². The van der Waals surface area contributed by atoms with Gasteiger partial charge in [0, 0.05) is 19.6 Å². The van der Waals surface area contributed by atoms with E-state index >= 15 is 0 Å². The number of hydrogen-bond donors (Lipinski definition) is 0.